The molecule has 0 saturated carbocycles. The Labute approximate surface area is 339 Å². The first kappa shape index (κ1) is 52.8. The number of esters is 2. The maximum atomic E-state index is 12.7. The Morgan fingerprint density at radius 1 is 0.527 bits per heavy atom. The lowest BCUT2D eigenvalue weighted by Gasteiger charge is -2.31. The van der Waals surface area contributed by atoms with Crippen LogP contribution in [0.3, 0.4) is 0 Å². The number of ether oxygens (including phenoxy) is 3. The number of nitrogens with zero attached hydrogens (tertiary/aromatic N) is 1. The maximum Gasteiger partial charge on any atom is 0.362 e. The Hall–Kier alpha value is -2.19. The number of quaternary nitrogens is 1. The molecule has 0 spiro atoms. The van der Waals surface area contributed by atoms with Gasteiger partial charge in [0.15, 0.2) is 12.1 Å². The molecule has 8 nitrogen and oxygen atoms in total. The predicted molar refractivity (Wildman–Crippen MR) is 229 cm³/mol. The summed E-state index contributed by atoms with van der Waals surface area (Å²) in [6.07, 6.45) is 42.3. The van der Waals surface area contributed by atoms with E-state index in [1.54, 1.807) is 0 Å². The SMILES string of the molecule is CCCC/C=C/CCCCCCC(=O)OC(COCCC(C(=O)O)[N+](C)(C)C)COC(=O)CCCCCCCCC/C=C/CCCCCCCCCCCC. The Morgan fingerprint density at radius 3 is 1.36 bits per heavy atom. The van der Waals surface area contributed by atoms with Gasteiger partial charge in [0.2, 0.25) is 0 Å². The van der Waals surface area contributed by atoms with E-state index < -0.39 is 18.1 Å². The van der Waals surface area contributed by atoms with Crippen LogP contribution in [0.1, 0.15) is 206 Å². The molecule has 0 heterocycles. The van der Waals surface area contributed by atoms with E-state index in [9.17, 15) is 19.5 Å². The zero-order valence-electron chi connectivity index (χ0n) is 36.6. The molecule has 0 aliphatic heterocycles. The second-order valence-electron chi connectivity index (χ2n) is 16.7. The molecular formula is C47H88NO7+. The van der Waals surface area contributed by atoms with Crippen LogP contribution in [0.2, 0.25) is 0 Å². The average Bonchev–Trinajstić information content (AvgIpc) is 3.14. The van der Waals surface area contributed by atoms with Crippen molar-refractivity contribution in [3.05, 3.63) is 24.3 Å². The molecule has 322 valence electrons. The molecule has 2 atom stereocenters. The quantitative estimate of drug-likeness (QED) is 0.0285. The smallest absolute Gasteiger partial charge is 0.362 e. The molecule has 2 unspecified atom stereocenters. The van der Waals surface area contributed by atoms with Crippen LogP contribution < -0.4 is 0 Å². The third kappa shape index (κ3) is 37.2. The maximum absolute atomic E-state index is 12.7. The van der Waals surface area contributed by atoms with Gasteiger partial charge in [-0.2, -0.15) is 0 Å². The predicted octanol–water partition coefficient (Wildman–Crippen LogP) is 12.5. The number of unbranched alkanes of at least 4 members (excludes halogenated alkanes) is 23. The number of hydrogen-bond donors (Lipinski definition) is 1. The summed E-state index contributed by atoms with van der Waals surface area (Å²) < 4.78 is 17.2. The zero-order chi connectivity index (χ0) is 40.7. The molecule has 0 radical (unpaired) electrons. The van der Waals surface area contributed by atoms with E-state index in [0.717, 1.165) is 57.8 Å². The highest BCUT2D eigenvalue weighted by atomic mass is 16.6. The number of carbonyl (C=O) groups is 3. The van der Waals surface area contributed by atoms with Gasteiger partial charge in [-0.1, -0.05) is 154 Å². The van der Waals surface area contributed by atoms with E-state index in [1.807, 2.05) is 21.1 Å². The van der Waals surface area contributed by atoms with Gasteiger partial charge in [-0.25, -0.2) is 4.79 Å². The molecule has 0 rings (SSSR count). The molecule has 8 heteroatoms. The number of likely N-dealkylation sites (N-methyl/N-ethyl adjacent to an activating group) is 1. The fourth-order valence-corrected chi connectivity index (χ4v) is 6.71. The molecule has 0 aromatic rings. The molecule has 1 N–H and O–H groups in total. The van der Waals surface area contributed by atoms with Crippen molar-refractivity contribution in [1.29, 1.82) is 0 Å². The Bertz CT molecular complexity index is 957. The van der Waals surface area contributed by atoms with Crippen molar-refractivity contribution < 1.29 is 38.2 Å². The minimum atomic E-state index is -0.877. The molecule has 55 heavy (non-hydrogen) atoms. The van der Waals surface area contributed by atoms with Crippen molar-refractivity contribution in [2.45, 2.75) is 219 Å². The van der Waals surface area contributed by atoms with Crippen LogP contribution in [0.15, 0.2) is 24.3 Å². The average molecular weight is 779 g/mol. The monoisotopic (exact) mass is 779 g/mol. The van der Waals surface area contributed by atoms with E-state index in [1.165, 1.54) is 116 Å². The van der Waals surface area contributed by atoms with Crippen LogP contribution in [-0.4, -0.2) is 80.6 Å². The van der Waals surface area contributed by atoms with Crippen LogP contribution in [0.5, 0.6) is 0 Å². The first-order valence-electron chi connectivity index (χ1n) is 22.9. The van der Waals surface area contributed by atoms with E-state index in [2.05, 4.69) is 38.2 Å². The Morgan fingerprint density at radius 2 is 0.927 bits per heavy atom. The summed E-state index contributed by atoms with van der Waals surface area (Å²) in [5, 5.41) is 9.60. The molecule has 0 aromatic carbocycles. The number of carboxylic acid groups (broad SMARTS) is 1. The normalized spacial score (nSPS) is 13.1. The lowest BCUT2D eigenvalue weighted by atomic mass is 10.1. The highest BCUT2D eigenvalue weighted by Crippen LogP contribution is 2.14. The van der Waals surface area contributed by atoms with Gasteiger partial charge in [0, 0.05) is 19.3 Å². The summed E-state index contributed by atoms with van der Waals surface area (Å²) in [5.74, 6) is -1.48. The van der Waals surface area contributed by atoms with Crippen molar-refractivity contribution in [2.75, 3.05) is 41.0 Å². The second kappa shape index (κ2) is 38.7. The number of hydrogen-bond acceptors (Lipinski definition) is 6. The molecular weight excluding hydrogens is 691 g/mol. The third-order valence-electron chi connectivity index (χ3n) is 10.3. The fourth-order valence-electron chi connectivity index (χ4n) is 6.71. The molecule has 0 bridgehead atoms. The number of allylic oxidation sites excluding steroid dienone is 4. The van der Waals surface area contributed by atoms with Crippen LogP contribution in [0.25, 0.3) is 0 Å². The summed E-state index contributed by atoms with van der Waals surface area (Å²) in [7, 11) is 5.52. The van der Waals surface area contributed by atoms with Gasteiger partial charge in [-0.15, -0.1) is 0 Å². The summed E-state index contributed by atoms with van der Waals surface area (Å²) in [4.78, 5) is 36.9. The summed E-state index contributed by atoms with van der Waals surface area (Å²) >= 11 is 0. The Kier molecular flexibility index (Phi) is 37.1. The zero-order valence-corrected chi connectivity index (χ0v) is 36.6. The summed E-state index contributed by atoms with van der Waals surface area (Å²) in [6.45, 7) is 4.69. The van der Waals surface area contributed by atoms with Crippen molar-refractivity contribution in [3.63, 3.8) is 0 Å². The fraction of sp³-hybridized carbons (Fsp3) is 0.851. The van der Waals surface area contributed by atoms with Gasteiger partial charge in [0.25, 0.3) is 0 Å². The number of aliphatic carboxylic acids is 1. The van der Waals surface area contributed by atoms with Gasteiger partial charge in [0.1, 0.15) is 6.61 Å². The lowest BCUT2D eigenvalue weighted by Crippen LogP contribution is -2.50. The van der Waals surface area contributed by atoms with Crippen molar-refractivity contribution in [1.82, 2.24) is 0 Å². The van der Waals surface area contributed by atoms with Crippen LogP contribution >= 0.6 is 0 Å². The number of carboxylic acids is 1. The number of rotatable bonds is 41. The lowest BCUT2D eigenvalue weighted by molar-refractivity contribution is -0.887. The minimum absolute atomic E-state index is 0.0552. The molecule has 0 saturated heterocycles. The highest BCUT2D eigenvalue weighted by Gasteiger charge is 2.31. The highest BCUT2D eigenvalue weighted by molar-refractivity contribution is 5.72. The van der Waals surface area contributed by atoms with E-state index in [4.69, 9.17) is 14.2 Å². The first-order chi connectivity index (χ1) is 26.6. The van der Waals surface area contributed by atoms with E-state index in [0.29, 0.717) is 19.3 Å². The van der Waals surface area contributed by atoms with Crippen LogP contribution in [-0.2, 0) is 28.6 Å². The van der Waals surface area contributed by atoms with Crippen LogP contribution in [0.4, 0.5) is 0 Å². The topological polar surface area (TPSA) is 99.1 Å². The van der Waals surface area contributed by atoms with Crippen molar-refractivity contribution in [3.8, 4) is 0 Å². The molecule has 0 fully saturated rings. The van der Waals surface area contributed by atoms with Gasteiger partial charge in [-0.3, -0.25) is 9.59 Å². The van der Waals surface area contributed by atoms with Crippen molar-refractivity contribution in [2.24, 2.45) is 0 Å². The third-order valence-corrected chi connectivity index (χ3v) is 10.3. The van der Waals surface area contributed by atoms with Crippen LogP contribution in [0, 0.1) is 0 Å². The van der Waals surface area contributed by atoms with E-state index >= 15 is 0 Å². The van der Waals surface area contributed by atoms with Gasteiger partial charge >= 0.3 is 17.9 Å². The summed E-state index contributed by atoms with van der Waals surface area (Å²) in [5.41, 5.74) is 0. The van der Waals surface area contributed by atoms with Crippen molar-refractivity contribution >= 4 is 17.9 Å². The van der Waals surface area contributed by atoms with Gasteiger partial charge in [0.05, 0.1) is 34.4 Å². The molecule has 0 aliphatic rings. The number of carbonyl (C=O) groups excluding carboxylic acids is 2. The summed E-state index contributed by atoms with van der Waals surface area (Å²) in [6, 6.07) is -0.614. The molecule has 0 aliphatic carbocycles. The van der Waals surface area contributed by atoms with Gasteiger partial charge in [-0.05, 0) is 57.8 Å². The standard InChI is InChI=1S/C47H87NO7/c1-6-8-10-12-14-16-18-19-20-21-22-23-24-25-26-27-28-30-31-33-35-37-45(49)54-42-43(41-53-40-39-44(47(51)52)48(3,4)5)55-46(50)38-36-34-32-29-17-15-13-11-9-7-2/h13,15,23-24,43-44H,6-12,14,16-22,25-42H2,1-5H3/p+1/b15-13+,24-23+. The molecule has 0 amide bonds. The Balaban J connectivity index is 4.21. The minimum Gasteiger partial charge on any atom is -0.477 e. The second-order valence-corrected chi connectivity index (χ2v) is 16.7. The van der Waals surface area contributed by atoms with Gasteiger partial charge < -0.3 is 23.8 Å². The first-order valence-corrected chi connectivity index (χ1v) is 22.9. The van der Waals surface area contributed by atoms with E-state index in [-0.39, 0.29) is 36.2 Å². The molecule has 0 aromatic heterocycles. The largest absolute Gasteiger partial charge is 0.477 e.